The van der Waals surface area contributed by atoms with Crippen molar-refractivity contribution in [1.82, 2.24) is 9.80 Å². The number of likely N-dealkylation sites (tertiary alicyclic amines) is 1. The molecule has 5 nitrogen and oxygen atoms in total. The van der Waals surface area contributed by atoms with Crippen LogP contribution in [0.5, 0.6) is 0 Å². The first-order valence-electron chi connectivity index (χ1n) is 12.9. The van der Waals surface area contributed by atoms with Crippen LogP contribution in [-0.2, 0) is 27.3 Å². The average Bonchev–Trinajstić information content (AvgIpc) is 2.85. The van der Waals surface area contributed by atoms with Gasteiger partial charge in [-0.2, -0.15) is 26.3 Å². The van der Waals surface area contributed by atoms with Gasteiger partial charge in [0, 0.05) is 32.1 Å². The van der Waals surface area contributed by atoms with E-state index in [4.69, 9.17) is 4.74 Å². The van der Waals surface area contributed by atoms with Crippen LogP contribution in [0, 0.1) is 5.82 Å². The molecule has 0 aromatic heterocycles. The molecule has 0 spiro atoms. The van der Waals surface area contributed by atoms with Gasteiger partial charge in [-0.1, -0.05) is 12.1 Å². The largest absolute Gasteiger partial charge is 0.444 e. The fraction of sp³-hybridized carbons (Fsp3) is 0.517. The van der Waals surface area contributed by atoms with E-state index in [1.54, 1.807) is 20.8 Å². The van der Waals surface area contributed by atoms with Gasteiger partial charge >= 0.3 is 18.4 Å². The molecule has 1 fully saturated rings. The lowest BCUT2D eigenvalue weighted by Gasteiger charge is -2.45. The normalized spacial score (nSPS) is 18.7. The molecule has 0 saturated carbocycles. The zero-order valence-electron chi connectivity index (χ0n) is 23.6. The summed E-state index contributed by atoms with van der Waals surface area (Å²) >= 11 is 0. The van der Waals surface area contributed by atoms with Crippen molar-refractivity contribution in [2.75, 3.05) is 20.1 Å². The summed E-state index contributed by atoms with van der Waals surface area (Å²) in [6, 6.07) is 6.00. The summed E-state index contributed by atoms with van der Waals surface area (Å²) in [5, 5.41) is 0. The van der Waals surface area contributed by atoms with E-state index in [2.05, 4.69) is 0 Å². The van der Waals surface area contributed by atoms with Crippen LogP contribution in [0.3, 0.4) is 0 Å². The first-order valence-corrected chi connectivity index (χ1v) is 12.9. The number of amides is 2. The number of carbonyl (C=O) groups excluding carboxylic acids is 2. The number of likely N-dealkylation sites (N-methyl/N-ethyl adjacent to an activating group) is 1. The molecule has 1 aliphatic rings. The second kappa shape index (κ2) is 11.2. The lowest BCUT2D eigenvalue weighted by Crippen LogP contribution is -2.55. The molecular formula is C29H33F7N2O3. The average molecular weight is 591 g/mol. The van der Waals surface area contributed by atoms with Crippen molar-refractivity contribution in [2.24, 2.45) is 0 Å². The Hall–Kier alpha value is -3.31. The number of nitrogens with zero attached hydrogens (tertiary/aromatic N) is 2. The van der Waals surface area contributed by atoms with Gasteiger partial charge in [0.1, 0.15) is 11.4 Å². The Morgan fingerprint density at radius 3 is 1.80 bits per heavy atom. The minimum atomic E-state index is -5.07. The van der Waals surface area contributed by atoms with Crippen molar-refractivity contribution < 1.29 is 45.1 Å². The molecule has 41 heavy (non-hydrogen) atoms. The molecule has 226 valence electrons. The Labute approximate surface area is 234 Å². The van der Waals surface area contributed by atoms with Crippen LogP contribution in [0.1, 0.15) is 69.2 Å². The Balaban J connectivity index is 1.99. The van der Waals surface area contributed by atoms with Crippen LogP contribution < -0.4 is 0 Å². The maximum absolute atomic E-state index is 13.8. The lowest BCUT2D eigenvalue weighted by molar-refractivity contribution is -0.144. The predicted molar refractivity (Wildman–Crippen MR) is 138 cm³/mol. The molecule has 0 bridgehead atoms. The van der Waals surface area contributed by atoms with Crippen LogP contribution in [0.25, 0.3) is 0 Å². The van der Waals surface area contributed by atoms with Crippen molar-refractivity contribution in [3.8, 4) is 0 Å². The molecule has 0 aliphatic carbocycles. The lowest BCUT2D eigenvalue weighted by atomic mass is 9.79. The second-order valence-corrected chi connectivity index (χ2v) is 11.8. The van der Waals surface area contributed by atoms with Crippen molar-refractivity contribution in [3.05, 3.63) is 70.5 Å². The molecule has 2 atom stereocenters. The molecule has 2 amide bonds. The summed E-state index contributed by atoms with van der Waals surface area (Å²) in [4.78, 5) is 29.4. The van der Waals surface area contributed by atoms with Crippen LogP contribution in [-0.4, -0.2) is 53.6 Å². The molecule has 3 rings (SSSR count). The zero-order chi connectivity index (χ0) is 31.1. The molecule has 0 N–H and O–H groups in total. The fourth-order valence-electron chi connectivity index (χ4n) is 4.96. The summed E-state index contributed by atoms with van der Waals surface area (Å²) in [6.07, 6.45) is -10.5. The number of piperidine rings is 1. The third-order valence-electron chi connectivity index (χ3n) is 7.19. The van der Waals surface area contributed by atoms with E-state index in [1.165, 1.54) is 55.0 Å². The summed E-state index contributed by atoms with van der Waals surface area (Å²) in [7, 11) is 1.42. The highest BCUT2D eigenvalue weighted by Gasteiger charge is 2.44. The molecular weight excluding hydrogens is 557 g/mol. The van der Waals surface area contributed by atoms with E-state index in [1.807, 2.05) is 0 Å². The standard InChI is InChI=1S/C29H33F7N2O3/c1-26(2,3)41-25(40)38-12-11-23(22(16-38)17-7-9-21(30)10-8-17)37(6)24(39)27(4,5)18-13-19(28(31,32)33)15-20(14-18)29(34,35)36/h7-10,13-15,22-23H,11-12,16H2,1-6H3/t22-,23+/m1/s1. The van der Waals surface area contributed by atoms with Crippen molar-refractivity contribution in [3.63, 3.8) is 0 Å². The van der Waals surface area contributed by atoms with Crippen LogP contribution in [0.2, 0.25) is 0 Å². The quantitative estimate of drug-likeness (QED) is 0.349. The summed E-state index contributed by atoms with van der Waals surface area (Å²) in [5.41, 5.74) is -5.43. The summed E-state index contributed by atoms with van der Waals surface area (Å²) in [5.74, 6) is -1.76. The molecule has 12 heteroatoms. The van der Waals surface area contributed by atoms with Crippen LogP contribution in [0.15, 0.2) is 42.5 Å². The Morgan fingerprint density at radius 1 is 0.854 bits per heavy atom. The van der Waals surface area contributed by atoms with Crippen molar-refractivity contribution >= 4 is 12.0 Å². The third-order valence-corrected chi connectivity index (χ3v) is 7.19. The fourth-order valence-corrected chi connectivity index (χ4v) is 4.96. The first-order chi connectivity index (χ1) is 18.6. The van der Waals surface area contributed by atoms with E-state index >= 15 is 0 Å². The first kappa shape index (κ1) is 32.2. The molecule has 1 heterocycles. The minimum absolute atomic E-state index is 0.0186. The number of hydrogen-bond acceptors (Lipinski definition) is 3. The number of alkyl halides is 6. The van der Waals surface area contributed by atoms with E-state index in [-0.39, 0.29) is 25.6 Å². The van der Waals surface area contributed by atoms with Gasteiger partial charge in [-0.3, -0.25) is 4.79 Å². The van der Waals surface area contributed by atoms with Gasteiger partial charge in [-0.25, -0.2) is 9.18 Å². The number of rotatable bonds is 4. The highest BCUT2D eigenvalue weighted by Crippen LogP contribution is 2.40. The van der Waals surface area contributed by atoms with Gasteiger partial charge in [0.15, 0.2) is 0 Å². The number of benzene rings is 2. The van der Waals surface area contributed by atoms with Gasteiger partial charge in [-0.15, -0.1) is 0 Å². The highest BCUT2D eigenvalue weighted by atomic mass is 19.4. The Bertz CT molecular complexity index is 1230. The van der Waals surface area contributed by atoms with Gasteiger partial charge in [0.2, 0.25) is 5.91 Å². The van der Waals surface area contributed by atoms with Gasteiger partial charge in [0.25, 0.3) is 0 Å². The maximum atomic E-state index is 13.8. The highest BCUT2D eigenvalue weighted by molar-refractivity contribution is 5.87. The Morgan fingerprint density at radius 2 is 1.34 bits per heavy atom. The van der Waals surface area contributed by atoms with Gasteiger partial charge < -0.3 is 14.5 Å². The maximum Gasteiger partial charge on any atom is 0.416 e. The number of ether oxygens (including phenoxy) is 1. The number of hydrogen-bond donors (Lipinski definition) is 0. The third kappa shape index (κ3) is 7.51. The van der Waals surface area contributed by atoms with Crippen molar-refractivity contribution in [1.29, 1.82) is 0 Å². The van der Waals surface area contributed by atoms with Crippen LogP contribution in [0.4, 0.5) is 35.5 Å². The molecule has 0 unspecified atom stereocenters. The SMILES string of the molecule is CN(C(=O)C(C)(C)c1cc(C(F)(F)F)cc(C(F)(F)F)c1)[C@H]1CCN(C(=O)OC(C)(C)C)C[C@@H]1c1ccc(F)cc1. The Kier molecular flexibility index (Phi) is 8.77. The van der Waals surface area contributed by atoms with Gasteiger partial charge in [-0.05, 0) is 82.5 Å². The topological polar surface area (TPSA) is 49.9 Å². The smallest absolute Gasteiger partial charge is 0.416 e. The van der Waals surface area contributed by atoms with E-state index in [9.17, 15) is 40.3 Å². The molecule has 2 aromatic rings. The van der Waals surface area contributed by atoms with E-state index in [0.29, 0.717) is 17.7 Å². The summed E-state index contributed by atoms with van der Waals surface area (Å²) in [6.45, 7) is 7.93. The zero-order valence-corrected chi connectivity index (χ0v) is 23.6. The van der Waals surface area contributed by atoms with E-state index in [0.717, 1.165) is 0 Å². The van der Waals surface area contributed by atoms with E-state index < -0.39 is 69.8 Å². The number of carbonyl (C=O) groups is 2. The minimum Gasteiger partial charge on any atom is -0.444 e. The van der Waals surface area contributed by atoms with Crippen molar-refractivity contribution in [2.45, 2.75) is 76.4 Å². The molecule has 2 aromatic carbocycles. The second-order valence-electron chi connectivity index (χ2n) is 11.8. The number of halogens is 7. The molecule has 1 saturated heterocycles. The van der Waals surface area contributed by atoms with Crippen LogP contribution >= 0.6 is 0 Å². The summed E-state index contributed by atoms with van der Waals surface area (Å²) < 4.78 is 100. The van der Waals surface area contributed by atoms with Gasteiger partial charge in [0.05, 0.1) is 16.5 Å². The monoisotopic (exact) mass is 590 g/mol. The molecule has 0 radical (unpaired) electrons. The predicted octanol–water partition coefficient (Wildman–Crippen LogP) is 7.39. The molecule has 1 aliphatic heterocycles.